The molecule has 0 spiro atoms. The van der Waals surface area contributed by atoms with Gasteiger partial charge in [0.2, 0.25) is 0 Å². The maximum atomic E-state index is 11.4. The molecule has 0 aliphatic heterocycles. The van der Waals surface area contributed by atoms with Gasteiger partial charge in [-0.05, 0) is 12.1 Å². The summed E-state index contributed by atoms with van der Waals surface area (Å²) in [7, 11) is 0. The van der Waals surface area contributed by atoms with E-state index in [4.69, 9.17) is 16.2 Å². The molecular formula is C11H15N3O2. The van der Waals surface area contributed by atoms with Crippen molar-refractivity contribution < 1.29 is 9.53 Å². The number of hydrogen-bond acceptors (Lipinski definition) is 3. The van der Waals surface area contributed by atoms with Crippen LogP contribution >= 0.6 is 0 Å². The predicted octanol–water partition coefficient (Wildman–Crippen LogP) is 1.15. The van der Waals surface area contributed by atoms with E-state index >= 15 is 0 Å². The van der Waals surface area contributed by atoms with Gasteiger partial charge in [0.15, 0.2) is 11.7 Å². The molecule has 0 fully saturated rings. The third kappa shape index (κ3) is 3.27. The number of guanidine groups is 1. The first-order valence-electron chi connectivity index (χ1n) is 4.91. The molecule has 16 heavy (non-hydrogen) atoms. The molecule has 1 aromatic carbocycles. The van der Waals surface area contributed by atoms with E-state index in [9.17, 15) is 4.79 Å². The van der Waals surface area contributed by atoms with Crippen LogP contribution in [0.5, 0.6) is 5.75 Å². The third-order valence-electron chi connectivity index (χ3n) is 1.80. The molecule has 0 bridgehead atoms. The molecule has 1 aromatic rings. The number of nitrogens with zero attached hydrogens (tertiary/aromatic N) is 1. The molecule has 4 N–H and O–H groups in total. The maximum absolute atomic E-state index is 11.4. The minimum absolute atomic E-state index is 0.0759. The van der Waals surface area contributed by atoms with Crippen molar-refractivity contribution in [1.29, 1.82) is 0 Å². The summed E-state index contributed by atoms with van der Waals surface area (Å²) in [5.74, 6) is -0.242. The second-order valence-corrected chi connectivity index (χ2v) is 3.58. The topological polar surface area (TPSA) is 90.7 Å². The van der Waals surface area contributed by atoms with Crippen LogP contribution in [0, 0.1) is 5.92 Å². The monoisotopic (exact) mass is 221 g/mol. The Labute approximate surface area is 94.1 Å². The summed E-state index contributed by atoms with van der Waals surface area (Å²) in [6.07, 6.45) is 0. The van der Waals surface area contributed by atoms with Crippen LogP contribution in [0.4, 0.5) is 5.69 Å². The highest BCUT2D eigenvalue weighted by atomic mass is 16.5. The number of rotatable bonds is 3. The Kier molecular flexibility index (Phi) is 3.88. The molecular weight excluding hydrogens is 206 g/mol. The van der Waals surface area contributed by atoms with Crippen LogP contribution in [0.1, 0.15) is 13.8 Å². The SMILES string of the molecule is CC(C)C(=O)Oc1ccccc1N=C(N)N. The smallest absolute Gasteiger partial charge is 0.313 e. The van der Waals surface area contributed by atoms with Crippen molar-refractivity contribution in [2.75, 3.05) is 0 Å². The average Bonchev–Trinajstić information content (AvgIpc) is 2.20. The summed E-state index contributed by atoms with van der Waals surface area (Å²) in [6.45, 7) is 3.51. The summed E-state index contributed by atoms with van der Waals surface area (Å²) in [6, 6.07) is 6.81. The number of esters is 1. The van der Waals surface area contributed by atoms with E-state index in [0.29, 0.717) is 11.4 Å². The highest BCUT2D eigenvalue weighted by Crippen LogP contribution is 2.27. The number of hydrogen-bond donors (Lipinski definition) is 2. The van der Waals surface area contributed by atoms with Gasteiger partial charge in [-0.1, -0.05) is 26.0 Å². The normalized spacial score (nSPS) is 9.94. The number of nitrogens with two attached hydrogens (primary N) is 2. The quantitative estimate of drug-likeness (QED) is 0.347. The first-order valence-corrected chi connectivity index (χ1v) is 4.91. The Morgan fingerprint density at radius 1 is 1.31 bits per heavy atom. The zero-order valence-electron chi connectivity index (χ0n) is 9.31. The highest BCUT2D eigenvalue weighted by molar-refractivity contribution is 5.81. The second kappa shape index (κ2) is 5.16. The molecule has 86 valence electrons. The van der Waals surface area contributed by atoms with Gasteiger partial charge in [-0.25, -0.2) is 4.99 Å². The molecule has 1 rings (SSSR count). The van der Waals surface area contributed by atoms with Crippen molar-refractivity contribution in [1.82, 2.24) is 0 Å². The van der Waals surface area contributed by atoms with Crippen molar-refractivity contribution in [3.8, 4) is 5.75 Å². The van der Waals surface area contributed by atoms with Crippen molar-refractivity contribution in [3.63, 3.8) is 0 Å². The van der Waals surface area contributed by atoms with E-state index in [2.05, 4.69) is 4.99 Å². The largest absolute Gasteiger partial charge is 0.424 e. The van der Waals surface area contributed by atoms with E-state index in [1.165, 1.54) is 0 Å². The van der Waals surface area contributed by atoms with Gasteiger partial charge in [0, 0.05) is 0 Å². The molecule has 5 heteroatoms. The van der Waals surface area contributed by atoms with Crippen LogP contribution in [-0.4, -0.2) is 11.9 Å². The molecule has 0 aliphatic carbocycles. The van der Waals surface area contributed by atoms with E-state index in [0.717, 1.165) is 0 Å². The molecule has 0 heterocycles. The Balaban J connectivity index is 2.96. The summed E-state index contributed by atoms with van der Waals surface area (Å²) in [5, 5.41) is 0. The third-order valence-corrected chi connectivity index (χ3v) is 1.80. The van der Waals surface area contributed by atoms with Crippen molar-refractivity contribution >= 4 is 17.6 Å². The van der Waals surface area contributed by atoms with Gasteiger partial charge in [0.25, 0.3) is 0 Å². The van der Waals surface area contributed by atoms with E-state index in [1.54, 1.807) is 38.1 Å². The average molecular weight is 221 g/mol. The van der Waals surface area contributed by atoms with Crippen molar-refractivity contribution in [2.45, 2.75) is 13.8 Å². The van der Waals surface area contributed by atoms with Crippen LogP contribution in [-0.2, 0) is 4.79 Å². The predicted molar refractivity (Wildman–Crippen MR) is 62.4 cm³/mol. The lowest BCUT2D eigenvalue weighted by Crippen LogP contribution is -2.22. The summed E-state index contributed by atoms with van der Waals surface area (Å²) >= 11 is 0. The molecule has 0 radical (unpaired) electrons. The van der Waals surface area contributed by atoms with Gasteiger partial charge in [-0.2, -0.15) is 0 Å². The van der Waals surface area contributed by atoms with Gasteiger partial charge in [-0.15, -0.1) is 0 Å². The first-order chi connectivity index (χ1) is 7.50. The zero-order chi connectivity index (χ0) is 12.1. The molecule has 0 aliphatic rings. The van der Waals surface area contributed by atoms with Crippen LogP contribution in [0.15, 0.2) is 29.3 Å². The maximum Gasteiger partial charge on any atom is 0.313 e. The Morgan fingerprint density at radius 2 is 1.94 bits per heavy atom. The molecule has 0 aromatic heterocycles. The minimum atomic E-state index is -0.321. The van der Waals surface area contributed by atoms with Gasteiger partial charge < -0.3 is 16.2 Å². The number of para-hydroxylation sites is 2. The van der Waals surface area contributed by atoms with Crippen LogP contribution in [0.25, 0.3) is 0 Å². The lowest BCUT2D eigenvalue weighted by molar-refractivity contribution is -0.137. The molecule has 0 saturated heterocycles. The number of ether oxygens (including phenoxy) is 1. The lowest BCUT2D eigenvalue weighted by atomic mass is 10.2. The van der Waals surface area contributed by atoms with E-state index < -0.39 is 0 Å². The number of carbonyl (C=O) groups excluding carboxylic acids is 1. The van der Waals surface area contributed by atoms with E-state index in [1.807, 2.05) is 0 Å². The summed E-state index contributed by atoms with van der Waals surface area (Å²) in [5.41, 5.74) is 11.0. The first kappa shape index (κ1) is 12.0. The van der Waals surface area contributed by atoms with Crippen LogP contribution < -0.4 is 16.2 Å². The second-order valence-electron chi connectivity index (χ2n) is 3.58. The fraction of sp³-hybridized carbons (Fsp3) is 0.273. The van der Waals surface area contributed by atoms with Gasteiger partial charge in [0.05, 0.1) is 5.92 Å². The molecule has 5 nitrogen and oxygen atoms in total. The number of carbonyl (C=O) groups is 1. The highest BCUT2D eigenvalue weighted by Gasteiger charge is 2.12. The lowest BCUT2D eigenvalue weighted by Gasteiger charge is -2.08. The Bertz CT molecular complexity index is 409. The molecule has 0 atom stereocenters. The number of benzene rings is 1. The molecule has 0 amide bonds. The van der Waals surface area contributed by atoms with Gasteiger partial charge >= 0.3 is 5.97 Å². The van der Waals surface area contributed by atoms with Gasteiger partial charge in [-0.3, -0.25) is 4.79 Å². The van der Waals surface area contributed by atoms with Crippen molar-refractivity contribution in [2.24, 2.45) is 22.4 Å². The number of aliphatic imine (C=N–C) groups is 1. The van der Waals surface area contributed by atoms with Crippen molar-refractivity contribution in [3.05, 3.63) is 24.3 Å². The molecule has 0 unspecified atom stereocenters. The zero-order valence-corrected chi connectivity index (χ0v) is 9.31. The van der Waals surface area contributed by atoms with Crippen LogP contribution in [0.3, 0.4) is 0 Å². The summed E-state index contributed by atoms with van der Waals surface area (Å²) < 4.78 is 5.15. The summed E-state index contributed by atoms with van der Waals surface area (Å²) in [4.78, 5) is 15.3. The van der Waals surface area contributed by atoms with Crippen LogP contribution in [0.2, 0.25) is 0 Å². The van der Waals surface area contributed by atoms with Gasteiger partial charge in [0.1, 0.15) is 5.69 Å². The molecule has 0 saturated carbocycles. The van der Waals surface area contributed by atoms with E-state index in [-0.39, 0.29) is 17.8 Å². The fourth-order valence-corrected chi connectivity index (χ4v) is 1.00. The standard InChI is InChI=1S/C11H15N3O2/c1-7(2)10(15)16-9-6-4-3-5-8(9)14-11(12)13/h3-7H,1-2H3,(H4,12,13,14). The Morgan fingerprint density at radius 3 is 2.50 bits per heavy atom. The minimum Gasteiger partial charge on any atom is -0.424 e. The fourth-order valence-electron chi connectivity index (χ4n) is 1.00. The Hall–Kier alpha value is -2.04.